The molecule has 2 N–H and O–H groups in total. The smallest absolute Gasteiger partial charge is 0.184 e. The van der Waals surface area contributed by atoms with Crippen LogP contribution in [0.2, 0.25) is 5.02 Å². The highest BCUT2D eigenvalue weighted by atomic mass is 79.9. The van der Waals surface area contributed by atoms with E-state index < -0.39 is 5.82 Å². The first kappa shape index (κ1) is 15.3. The molecule has 20 heavy (non-hydrogen) atoms. The van der Waals surface area contributed by atoms with Crippen LogP contribution < -0.4 is 10.5 Å². The first-order chi connectivity index (χ1) is 9.47. The van der Waals surface area contributed by atoms with E-state index in [0.29, 0.717) is 5.75 Å². The molecule has 2 nitrogen and oxygen atoms in total. The molecule has 0 fully saturated rings. The number of halogens is 3. The number of benzene rings is 2. The average molecular weight is 359 g/mol. The Morgan fingerprint density at radius 3 is 2.70 bits per heavy atom. The lowest BCUT2D eigenvalue weighted by molar-refractivity contribution is 0.440. The predicted octanol–water partition coefficient (Wildman–Crippen LogP) is 4.92. The Morgan fingerprint density at radius 2 is 2.05 bits per heavy atom. The lowest BCUT2D eigenvalue weighted by Crippen LogP contribution is -2.17. The van der Waals surface area contributed by atoms with Crippen LogP contribution in [0, 0.1) is 5.82 Å². The summed E-state index contributed by atoms with van der Waals surface area (Å²) in [6.07, 6.45) is 0.768. The second kappa shape index (κ2) is 6.57. The van der Waals surface area contributed by atoms with Crippen molar-refractivity contribution in [1.82, 2.24) is 0 Å². The van der Waals surface area contributed by atoms with E-state index in [1.54, 1.807) is 12.1 Å². The van der Waals surface area contributed by atoms with Crippen molar-refractivity contribution in [1.29, 1.82) is 0 Å². The molecule has 0 bridgehead atoms. The van der Waals surface area contributed by atoms with E-state index in [1.807, 2.05) is 19.1 Å². The van der Waals surface area contributed by atoms with Crippen LogP contribution in [0.5, 0.6) is 11.5 Å². The van der Waals surface area contributed by atoms with E-state index in [0.717, 1.165) is 16.5 Å². The van der Waals surface area contributed by atoms with Gasteiger partial charge in [0.15, 0.2) is 11.6 Å². The summed E-state index contributed by atoms with van der Waals surface area (Å²) in [5.41, 5.74) is 6.85. The molecule has 0 aliphatic rings. The Bertz CT molecular complexity index is 619. The van der Waals surface area contributed by atoms with Crippen molar-refractivity contribution in [3.8, 4) is 11.5 Å². The van der Waals surface area contributed by atoms with Gasteiger partial charge in [0.2, 0.25) is 0 Å². The van der Waals surface area contributed by atoms with Crippen molar-refractivity contribution >= 4 is 27.5 Å². The van der Waals surface area contributed by atoms with Gasteiger partial charge in [0.05, 0.1) is 9.50 Å². The monoisotopic (exact) mass is 357 g/mol. The van der Waals surface area contributed by atoms with Crippen LogP contribution in [0.25, 0.3) is 0 Å². The van der Waals surface area contributed by atoms with Crippen LogP contribution in [0.3, 0.4) is 0 Å². The molecular weight excluding hydrogens is 345 g/mol. The molecule has 0 saturated carbocycles. The minimum absolute atomic E-state index is 0.0344. The number of nitrogens with two attached hydrogens (primary N) is 1. The molecule has 0 spiro atoms. The summed E-state index contributed by atoms with van der Waals surface area (Å²) in [6.45, 7) is 1.94. The van der Waals surface area contributed by atoms with Gasteiger partial charge < -0.3 is 10.5 Å². The topological polar surface area (TPSA) is 35.2 Å². The summed E-state index contributed by atoms with van der Waals surface area (Å²) < 4.78 is 20.1. The number of hydrogen-bond acceptors (Lipinski definition) is 2. The van der Waals surface area contributed by atoms with Gasteiger partial charge in [-0.1, -0.05) is 23.7 Å². The van der Waals surface area contributed by atoms with Crippen LogP contribution >= 0.6 is 27.5 Å². The molecule has 2 aromatic rings. The van der Waals surface area contributed by atoms with E-state index in [4.69, 9.17) is 22.1 Å². The third-order valence-electron chi connectivity index (χ3n) is 2.69. The maximum absolute atomic E-state index is 13.8. The molecule has 106 valence electrons. The zero-order chi connectivity index (χ0) is 14.7. The summed E-state index contributed by atoms with van der Waals surface area (Å²) >= 11 is 9.14. The maximum Gasteiger partial charge on any atom is 0.184 e. The number of rotatable bonds is 4. The number of hydrogen-bond donors (Lipinski definition) is 1. The van der Waals surface area contributed by atoms with E-state index in [1.165, 1.54) is 12.1 Å². The molecule has 0 radical (unpaired) electrons. The van der Waals surface area contributed by atoms with E-state index in [9.17, 15) is 4.39 Å². The Hall–Kier alpha value is -1.10. The van der Waals surface area contributed by atoms with Crippen molar-refractivity contribution in [2.24, 2.45) is 5.73 Å². The predicted molar refractivity (Wildman–Crippen MR) is 83.0 cm³/mol. The number of ether oxygens (including phenoxy) is 1. The molecular formula is C15H14BrClFNO. The fraction of sp³-hybridized carbons (Fsp3) is 0.200. The summed E-state index contributed by atoms with van der Waals surface area (Å²) in [5.74, 6) is 0.0541. The van der Waals surface area contributed by atoms with Gasteiger partial charge in [-0.2, -0.15) is 0 Å². The Balaban J connectivity index is 2.24. The van der Waals surface area contributed by atoms with Gasteiger partial charge in [-0.3, -0.25) is 0 Å². The van der Waals surface area contributed by atoms with Gasteiger partial charge in [0, 0.05) is 6.04 Å². The highest BCUT2D eigenvalue weighted by Crippen LogP contribution is 2.33. The second-order valence-corrected chi connectivity index (χ2v) is 5.86. The maximum atomic E-state index is 13.8. The van der Waals surface area contributed by atoms with Gasteiger partial charge >= 0.3 is 0 Å². The largest absolute Gasteiger partial charge is 0.453 e. The molecule has 0 aromatic heterocycles. The van der Waals surface area contributed by atoms with Crippen LogP contribution in [0.15, 0.2) is 40.9 Å². The van der Waals surface area contributed by atoms with Crippen LogP contribution in [-0.4, -0.2) is 6.04 Å². The van der Waals surface area contributed by atoms with Gasteiger partial charge in [0.25, 0.3) is 0 Å². The molecule has 0 saturated heterocycles. The average Bonchev–Trinajstić information content (AvgIpc) is 2.37. The van der Waals surface area contributed by atoms with Gasteiger partial charge in [-0.05, 0) is 59.1 Å². The summed E-state index contributed by atoms with van der Waals surface area (Å²) in [4.78, 5) is 0. The fourth-order valence-electron chi connectivity index (χ4n) is 1.81. The quantitative estimate of drug-likeness (QED) is 0.841. The summed E-state index contributed by atoms with van der Waals surface area (Å²) in [7, 11) is 0. The van der Waals surface area contributed by atoms with Gasteiger partial charge in [-0.15, -0.1) is 0 Å². The van der Waals surface area contributed by atoms with Crippen molar-refractivity contribution in [3.05, 3.63) is 57.3 Å². The molecule has 1 unspecified atom stereocenters. The standard InChI is InChI=1S/C15H14BrClFNO/c1-9(19)7-10-5-6-13(11(16)8-10)20-14-4-2-3-12(17)15(14)18/h2-6,8-9H,7,19H2,1H3. The molecule has 1 atom stereocenters. The molecule has 2 rings (SSSR count). The van der Waals surface area contributed by atoms with Gasteiger partial charge in [0.1, 0.15) is 5.75 Å². The molecule has 5 heteroatoms. The van der Waals surface area contributed by atoms with E-state index in [2.05, 4.69) is 15.9 Å². The first-order valence-electron chi connectivity index (χ1n) is 6.13. The third kappa shape index (κ3) is 3.72. The minimum atomic E-state index is -0.569. The van der Waals surface area contributed by atoms with Crippen LogP contribution in [0.4, 0.5) is 4.39 Å². The Kier molecular flexibility index (Phi) is 5.02. The minimum Gasteiger partial charge on any atom is -0.453 e. The van der Waals surface area contributed by atoms with Crippen molar-refractivity contribution in [2.75, 3.05) is 0 Å². The van der Waals surface area contributed by atoms with Crippen molar-refractivity contribution in [2.45, 2.75) is 19.4 Å². The first-order valence-corrected chi connectivity index (χ1v) is 7.30. The van der Waals surface area contributed by atoms with Crippen LogP contribution in [0.1, 0.15) is 12.5 Å². The lowest BCUT2D eigenvalue weighted by Gasteiger charge is -2.11. The van der Waals surface area contributed by atoms with Crippen molar-refractivity contribution in [3.63, 3.8) is 0 Å². The molecule has 0 aliphatic heterocycles. The molecule has 0 amide bonds. The Morgan fingerprint density at radius 1 is 1.30 bits per heavy atom. The zero-order valence-corrected chi connectivity index (χ0v) is 13.2. The van der Waals surface area contributed by atoms with Gasteiger partial charge in [-0.25, -0.2) is 4.39 Å². The second-order valence-electron chi connectivity index (χ2n) is 4.60. The third-order valence-corrected chi connectivity index (χ3v) is 3.60. The highest BCUT2D eigenvalue weighted by Gasteiger charge is 2.11. The van der Waals surface area contributed by atoms with Crippen LogP contribution in [-0.2, 0) is 6.42 Å². The molecule has 0 aliphatic carbocycles. The Labute approximate surface area is 130 Å². The highest BCUT2D eigenvalue weighted by molar-refractivity contribution is 9.10. The normalized spacial score (nSPS) is 12.2. The molecule has 2 aromatic carbocycles. The zero-order valence-electron chi connectivity index (χ0n) is 10.9. The fourth-order valence-corrected chi connectivity index (χ4v) is 2.48. The molecule has 0 heterocycles. The summed E-state index contributed by atoms with van der Waals surface area (Å²) in [6, 6.07) is 10.3. The lowest BCUT2D eigenvalue weighted by atomic mass is 10.1. The SMILES string of the molecule is CC(N)Cc1ccc(Oc2cccc(Cl)c2F)c(Br)c1. The summed E-state index contributed by atoms with van der Waals surface area (Å²) in [5, 5.41) is 0.0344. The van der Waals surface area contributed by atoms with Crippen molar-refractivity contribution < 1.29 is 9.13 Å². The van der Waals surface area contributed by atoms with E-state index >= 15 is 0 Å². The van der Waals surface area contributed by atoms with E-state index in [-0.39, 0.29) is 16.8 Å².